The molecule has 5 nitrogen and oxygen atoms in total. The Bertz CT molecular complexity index is 667. The molecular weight excluding hydrogens is 244 g/mol. The highest BCUT2D eigenvalue weighted by Crippen LogP contribution is 2.30. The van der Waals surface area contributed by atoms with E-state index >= 15 is 0 Å². The van der Waals surface area contributed by atoms with Gasteiger partial charge in [0, 0.05) is 36.2 Å². The summed E-state index contributed by atoms with van der Waals surface area (Å²) in [6.07, 6.45) is 0.740. The van der Waals surface area contributed by atoms with Crippen LogP contribution in [-0.4, -0.2) is 29.7 Å². The number of hydrogen-bond acceptors (Lipinski definition) is 5. The van der Waals surface area contributed by atoms with Gasteiger partial charge in [0.05, 0.1) is 12.7 Å². The van der Waals surface area contributed by atoms with Crippen LogP contribution in [0.1, 0.15) is 21.6 Å². The van der Waals surface area contributed by atoms with Crippen molar-refractivity contribution in [1.29, 1.82) is 0 Å². The van der Waals surface area contributed by atoms with Gasteiger partial charge in [-0.05, 0) is 6.07 Å². The van der Waals surface area contributed by atoms with E-state index in [0.29, 0.717) is 23.0 Å². The first-order valence-electron chi connectivity index (χ1n) is 6.15. The number of carbonyl (C=O) groups excluding carboxylic acids is 1. The zero-order valence-corrected chi connectivity index (χ0v) is 10.6. The number of ether oxygens (including phenoxy) is 1. The Balaban J connectivity index is 2.40. The Labute approximate surface area is 110 Å². The van der Waals surface area contributed by atoms with E-state index in [0.717, 1.165) is 24.2 Å². The Hall–Kier alpha value is -2.14. The number of phenols is 1. The molecule has 1 aliphatic heterocycles. The van der Waals surface area contributed by atoms with E-state index in [-0.39, 0.29) is 5.75 Å². The molecular formula is C14H14N2O3. The fourth-order valence-electron chi connectivity index (χ4n) is 2.51. The summed E-state index contributed by atoms with van der Waals surface area (Å²) < 4.78 is 4.87. The number of nitrogens with one attached hydrogen (secondary N) is 1. The lowest BCUT2D eigenvalue weighted by atomic mass is 9.96. The average molecular weight is 258 g/mol. The molecule has 0 spiro atoms. The van der Waals surface area contributed by atoms with Crippen molar-refractivity contribution in [3.05, 3.63) is 35.0 Å². The summed E-state index contributed by atoms with van der Waals surface area (Å²) in [5, 5.41) is 13.8. The predicted octanol–water partition coefficient (Wildman–Crippen LogP) is 1.37. The number of carbonyl (C=O) groups is 1. The number of rotatable bonds is 1. The zero-order chi connectivity index (χ0) is 13.4. The number of pyridine rings is 1. The molecule has 0 fully saturated rings. The molecule has 0 saturated carbocycles. The van der Waals surface area contributed by atoms with E-state index in [2.05, 4.69) is 10.3 Å². The van der Waals surface area contributed by atoms with E-state index in [9.17, 15) is 9.90 Å². The van der Waals surface area contributed by atoms with Crippen molar-refractivity contribution in [3.63, 3.8) is 0 Å². The number of phenolic OH excluding ortho intramolecular Hbond substituents is 1. The number of benzene rings is 1. The summed E-state index contributed by atoms with van der Waals surface area (Å²) in [6, 6.07) is 5.06. The van der Waals surface area contributed by atoms with Gasteiger partial charge in [0.1, 0.15) is 11.3 Å². The minimum atomic E-state index is -0.391. The third kappa shape index (κ3) is 1.82. The van der Waals surface area contributed by atoms with Crippen molar-refractivity contribution in [1.82, 2.24) is 10.3 Å². The Morgan fingerprint density at radius 2 is 2.32 bits per heavy atom. The second kappa shape index (κ2) is 4.51. The third-order valence-electron chi connectivity index (χ3n) is 3.41. The molecule has 1 aromatic heterocycles. The molecule has 2 heterocycles. The van der Waals surface area contributed by atoms with Crippen LogP contribution in [0.15, 0.2) is 18.2 Å². The largest absolute Gasteiger partial charge is 0.506 e. The van der Waals surface area contributed by atoms with Crippen LogP contribution in [0.25, 0.3) is 10.9 Å². The summed E-state index contributed by atoms with van der Waals surface area (Å²) in [6.45, 7) is 1.41. The van der Waals surface area contributed by atoms with Gasteiger partial charge < -0.3 is 15.2 Å². The number of aromatic nitrogens is 1. The van der Waals surface area contributed by atoms with Gasteiger partial charge in [-0.15, -0.1) is 0 Å². The van der Waals surface area contributed by atoms with Gasteiger partial charge in [-0.1, -0.05) is 12.1 Å². The molecule has 0 unspecified atom stereocenters. The molecule has 2 aromatic rings. The van der Waals surface area contributed by atoms with Gasteiger partial charge in [0.15, 0.2) is 0 Å². The fourth-order valence-corrected chi connectivity index (χ4v) is 2.51. The summed E-state index contributed by atoms with van der Waals surface area (Å²) in [5.41, 5.74) is 2.69. The molecule has 2 N–H and O–H groups in total. The molecule has 98 valence electrons. The number of esters is 1. The SMILES string of the molecule is COC(=O)c1c2c(nc3c(O)cccc13)CCNC2. The van der Waals surface area contributed by atoms with Crippen LogP contribution < -0.4 is 5.32 Å². The van der Waals surface area contributed by atoms with Crippen LogP contribution in [0, 0.1) is 0 Å². The van der Waals surface area contributed by atoms with Gasteiger partial charge in [-0.25, -0.2) is 9.78 Å². The Morgan fingerprint density at radius 3 is 3.11 bits per heavy atom. The predicted molar refractivity (Wildman–Crippen MR) is 70.2 cm³/mol. The number of fused-ring (bicyclic) bond motifs is 2. The maximum Gasteiger partial charge on any atom is 0.338 e. The van der Waals surface area contributed by atoms with Gasteiger partial charge in [0.25, 0.3) is 0 Å². The van der Waals surface area contributed by atoms with Crippen LogP contribution in [-0.2, 0) is 17.7 Å². The summed E-state index contributed by atoms with van der Waals surface area (Å²) in [4.78, 5) is 16.5. The Morgan fingerprint density at radius 1 is 1.47 bits per heavy atom. The third-order valence-corrected chi connectivity index (χ3v) is 3.41. The maximum absolute atomic E-state index is 12.1. The minimum Gasteiger partial charge on any atom is -0.506 e. The smallest absolute Gasteiger partial charge is 0.338 e. The topological polar surface area (TPSA) is 71.5 Å². The number of hydrogen-bond donors (Lipinski definition) is 2. The number of para-hydroxylation sites is 1. The lowest BCUT2D eigenvalue weighted by molar-refractivity contribution is 0.0601. The molecule has 19 heavy (non-hydrogen) atoms. The molecule has 0 saturated heterocycles. The van der Waals surface area contributed by atoms with Crippen molar-refractivity contribution in [2.45, 2.75) is 13.0 Å². The first kappa shape index (κ1) is 11.9. The first-order chi connectivity index (χ1) is 9.22. The molecule has 0 amide bonds. The van der Waals surface area contributed by atoms with Gasteiger partial charge in [-0.3, -0.25) is 0 Å². The Kier molecular flexibility index (Phi) is 2.83. The standard InChI is InChI=1S/C14H14N2O3/c1-19-14(18)12-8-3-2-4-11(17)13(8)16-10-5-6-15-7-9(10)12/h2-4,15,17H,5-7H2,1H3. The maximum atomic E-state index is 12.1. The monoisotopic (exact) mass is 258 g/mol. The second-order valence-corrected chi connectivity index (χ2v) is 4.50. The zero-order valence-electron chi connectivity index (χ0n) is 10.6. The summed E-state index contributed by atoms with van der Waals surface area (Å²) in [5.74, 6) is -0.304. The highest BCUT2D eigenvalue weighted by Gasteiger charge is 2.23. The van der Waals surface area contributed by atoms with Crippen molar-refractivity contribution in [2.75, 3.05) is 13.7 Å². The van der Waals surface area contributed by atoms with Gasteiger partial charge >= 0.3 is 5.97 Å². The molecule has 1 aromatic carbocycles. The van der Waals surface area contributed by atoms with E-state index in [1.165, 1.54) is 7.11 Å². The van der Waals surface area contributed by atoms with E-state index in [1.807, 2.05) is 0 Å². The number of aromatic hydroxyl groups is 1. The average Bonchev–Trinajstić information content (AvgIpc) is 2.45. The fraction of sp³-hybridized carbons (Fsp3) is 0.286. The molecule has 0 atom stereocenters. The number of nitrogens with zero attached hydrogens (tertiary/aromatic N) is 1. The van der Waals surface area contributed by atoms with Gasteiger partial charge in [-0.2, -0.15) is 0 Å². The summed E-state index contributed by atoms with van der Waals surface area (Å²) in [7, 11) is 1.36. The van der Waals surface area contributed by atoms with E-state index < -0.39 is 5.97 Å². The molecule has 0 radical (unpaired) electrons. The van der Waals surface area contributed by atoms with Crippen LogP contribution in [0.5, 0.6) is 5.75 Å². The molecule has 0 bridgehead atoms. The molecule has 0 aliphatic carbocycles. The lowest BCUT2D eigenvalue weighted by Gasteiger charge is -2.20. The van der Waals surface area contributed by atoms with Crippen molar-refractivity contribution >= 4 is 16.9 Å². The van der Waals surface area contributed by atoms with Crippen LogP contribution in [0.2, 0.25) is 0 Å². The summed E-state index contributed by atoms with van der Waals surface area (Å²) >= 11 is 0. The van der Waals surface area contributed by atoms with E-state index in [4.69, 9.17) is 4.74 Å². The minimum absolute atomic E-state index is 0.0870. The van der Waals surface area contributed by atoms with Crippen LogP contribution in [0.4, 0.5) is 0 Å². The molecule has 3 rings (SSSR count). The van der Waals surface area contributed by atoms with Gasteiger partial charge in [0.2, 0.25) is 0 Å². The van der Waals surface area contributed by atoms with Crippen molar-refractivity contribution < 1.29 is 14.6 Å². The quantitative estimate of drug-likeness (QED) is 0.756. The van der Waals surface area contributed by atoms with Crippen molar-refractivity contribution in [3.8, 4) is 5.75 Å². The highest BCUT2D eigenvalue weighted by molar-refractivity contribution is 6.06. The van der Waals surface area contributed by atoms with Crippen molar-refractivity contribution in [2.24, 2.45) is 0 Å². The molecule has 1 aliphatic rings. The molecule has 5 heteroatoms. The second-order valence-electron chi connectivity index (χ2n) is 4.50. The first-order valence-corrected chi connectivity index (χ1v) is 6.15. The number of methoxy groups -OCH3 is 1. The van der Waals surface area contributed by atoms with E-state index in [1.54, 1.807) is 18.2 Å². The van der Waals surface area contributed by atoms with Crippen LogP contribution >= 0.6 is 0 Å². The highest BCUT2D eigenvalue weighted by atomic mass is 16.5. The normalized spacial score (nSPS) is 14.2. The lowest BCUT2D eigenvalue weighted by Crippen LogP contribution is -2.27. The van der Waals surface area contributed by atoms with Crippen LogP contribution in [0.3, 0.4) is 0 Å².